The van der Waals surface area contributed by atoms with Gasteiger partial charge in [0.15, 0.2) is 0 Å². The molecule has 1 fully saturated rings. The number of piperidine rings is 1. The van der Waals surface area contributed by atoms with Crippen molar-refractivity contribution in [3.63, 3.8) is 0 Å². The number of hydrogen-bond donors (Lipinski definition) is 1. The normalized spacial score (nSPS) is 18.4. The molecule has 0 bridgehead atoms. The number of carboxylic acids is 1. The van der Waals surface area contributed by atoms with Crippen LogP contribution in [-0.4, -0.2) is 36.9 Å². The van der Waals surface area contributed by atoms with Crippen LogP contribution >= 0.6 is 0 Å². The maximum atomic E-state index is 13.1. The Hall–Kier alpha value is -1.47. The van der Waals surface area contributed by atoms with E-state index in [1.165, 1.54) is 22.5 Å². The summed E-state index contributed by atoms with van der Waals surface area (Å²) < 4.78 is 38.7. The fraction of sp³-hybridized carbons (Fsp3) is 0.417. The van der Waals surface area contributed by atoms with E-state index in [4.69, 9.17) is 5.11 Å². The Kier molecular flexibility index (Phi) is 3.86. The van der Waals surface area contributed by atoms with Gasteiger partial charge in [-0.05, 0) is 31.0 Å². The highest BCUT2D eigenvalue weighted by Gasteiger charge is 2.31. The van der Waals surface area contributed by atoms with Crippen LogP contribution in [-0.2, 0) is 14.8 Å². The lowest BCUT2D eigenvalue weighted by Gasteiger charge is -2.29. The second kappa shape index (κ2) is 5.26. The molecule has 0 atom stereocenters. The monoisotopic (exact) mass is 287 g/mol. The number of rotatable bonds is 3. The van der Waals surface area contributed by atoms with Crippen LogP contribution in [0.15, 0.2) is 29.2 Å². The topological polar surface area (TPSA) is 74.7 Å². The van der Waals surface area contributed by atoms with Gasteiger partial charge in [-0.3, -0.25) is 4.79 Å². The maximum Gasteiger partial charge on any atom is 0.306 e. The fourth-order valence-electron chi connectivity index (χ4n) is 2.12. The first-order chi connectivity index (χ1) is 8.91. The smallest absolute Gasteiger partial charge is 0.306 e. The first-order valence-electron chi connectivity index (χ1n) is 5.90. The molecule has 0 saturated carbocycles. The largest absolute Gasteiger partial charge is 0.481 e. The molecule has 19 heavy (non-hydrogen) atoms. The molecule has 0 aliphatic carbocycles. The molecule has 0 aromatic heterocycles. The van der Waals surface area contributed by atoms with E-state index in [1.807, 2.05) is 0 Å². The Morgan fingerprint density at radius 1 is 1.32 bits per heavy atom. The highest BCUT2D eigenvalue weighted by Crippen LogP contribution is 2.24. The van der Waals surface area contributed by atoms with Crippen LogP contribution in [0.1, 0.15) is 12.8 Å². The van der Waals surface area contributed by atoms with Crippen molar-refractivity contribution in [2.24, 2.45) is 5.92 Å². The summed E-state index contributed by atoms with van der Waals surface area (Å²) in [6.07, 6.45) is 0.563. The molecular formula is C12H14FNO4S. The van der Waals surface area contributed by atoms with Crippen molar-refractivity contribution in [3.8, 4) is 0 Å². The molecule has 7 heteroatoms. The summed E-state index contributed by atoms with van der Waals surface area (Å²) >= 11 is 0. The first-order valence-corrected chi connectivity index (χ1v) is 7.34. The Bertz CT molecular complexity index is 579. The number of nitrogens with zero attached hydrogens (tertiary/aromatic N) is 1. The fourth-order valence-corrected chi connectivity index (χ4v) is 3.62. The van der Waals surface area contributed by atoms with E-state index in [0.717, 1.165) is 6.07 Å². The molecule has 104 valence electrons. The molecule has 5 nitrogen and oxygen atoms in total. The van der Waals surface area contributed by atoms with Crippen LogP contribution in [0.25, 0.3) is 0 Å². The van der Waals surface area contributed by atoms with Gasteiger partial charge >= 0.3 is 5.97 Å². The average molecular weight is 287 g/mol. The summed E-state index contributed by atoms with van der Waals surface area (Å²) in [5.74, 6) is -2.01. The second-order valence-corrected chi connectivity index (χ2v) is 6.41. The van der Waals surface area contributed by atoms with Gasteiger partial charge in [0.05, 0.1) is 10.8 Å². The minimum atomic E-state index is -3.73. The Morgan fingerprint density at radius 3 is 2.47 bits per heavy atom. The molecule has 1 saturated heterocycles. The summed E-state index contributed by atoms with van der Waals surface area (Å²) in [4.78, 5) is 10.7. The van der Waals surface area contributed by atoms with Gasteiger partial charge in [0, 0.05) is 13.1 Å². The van der Waals surface area contributed by atoms with Crippen LogP contribution in [0.4, 0.5) is 4.39 Å². The summed E-state index contributed by atoms with van der Waals surface area (Å²) in [5.41, 5.74) is 0. The van der Waals surface area contributed by atoms with Gasteiger partial charge < -0.3 is 5.11 Å². The Balaban J connectivity index is 2.16. The third-order valence-corrected chi connectivity index (χ3v) is 5.13. The summed E-state index contributed by atoms with van der Waals surface area (Å²) in [5, 5.41) is 8.86. The number of carbonyl (C=O) groups is 1. The predicted molar refractivity (Wildman–Crippen MR) is 65.5 cm³/mol. The lowest BCUT2D eigenvalue weighted by Crippen LogP contribution is -2.40. The lowest BCUT2D eigenvalue weighted by atomic mass is 9.99. The molecule has 1 aromatic rings. The van der Waals surface area contributed by atoms with E-state index < -0.39 is 27.7 Å². The van der Waals surface area contributed by atoms with E-state index in [9.17, 15) is 17.6 Å². The molecule has 0 amide bonds. The van der Waals surface area contributed by atoms with Crippen LogP contribution in [0.3, 0.4) is 0 Å². The number of benzene rings is 1. The molecule has 1 aromatic carbocycles. The zero-order chi connectivity index (χ0) is 14.0. The Labute approximate surface area is 110 Å². The highest BCUT2D eigenvalue weighted by atomic mass is 32.2. The molecule has 0 unspecified atom stereocenters. The standard InChI is InChI=1S/C12H14FNO4S/c13-10-2-1-3-11(8-10)19(17,18)14-6-4-9(5-7-14)12(15)16/h1-3,8-9H,4-7H2,(H,15,16). The maximum absolute atomic E-state index is 13.1. The van der Waals surface area contributed by atoms with E-state index in [-0.39, 0.29) is 30.8 Å². The number of sulfonamides is 1. The minimum absolute atomic E-state index is 0.0960. The van der Waals surface area contributed by atoms with Crippen LogP contribution < -0.4 is 0 Å². The number of carboxylic acid groups (broad SMARTS) is 1. The minimum Gasteiger partial charge on any atom is -0.481 e. The molecular weight excluding hydrogens is 273 g/mol. The van der Waals surface area contributed by atoms with Gasteiger partial charge in [0.25, 0.3) is 0 Å². The molecule has 1 heterocycles. The highest BCUT2D eigenvalue weighted by molar-refractivity contribution is 7.89. The van der Waals surface area contributed by atoms with Crippen molar-refractivity contribution < 1.29 is 22.7 Å². The third kappa shape index (κ3) is 2.93. The molecule has 0 spiro atoms. The van der Waals surface area contributed by atoms with Crippen molar-refractivity contribution in [1.82, 2.24) is 4.31 Å². The zero-order valence-corrected chi connectivity index (χ0v) is 10.9. The van der Waals surface area contributed by atoms with Gasteiger partial charge in [0.2, 0.25) is 10.0 Å². The second-order valence-electron chi connectivity index (χ2n) is 4.47. The predicted octanol–water partition coefficient (Wildman–Crippen LogP) is 1.31. The van der Waals surface area contributed by atoms with E-state index in [1.54, 1.807) is 0 Å². The Morgan fingerprint density at radius 2 is 1.95 bits per heavy atom. The molecule has 1 N–H and O–H groups in total. The van der Waals surface area contributed by atoms with E-state index in [2.05, 4.69) is 0 Å². The molecule has 2 rings (SSSR count). The number of halogens is 1. The van der Waals surface area contributed by atoms with E-state index >= 15 is 0 Å². The van der Waals surface area contributed by atoms with Crippen LogP contribution in [0, 0.1) is 11.7 Å². The summed E-state index contributed by atoms with van der Waals surface area (Å²) in [6.45, 7) is 0.297. The quantitative estimate of drug-likeness (QED) is 0.909. The van der Waals surface area contributed by atoms with E-state index in [0.29, 0.717) is 0 Å². The van der Waals surface area contributed by atoms with Crippen molar-refractivity contribution in [1.29, 1.82) is 0 Å². The average Bonchev–Trinajstić information content (AvgIpc) is 2.39. The SMILES string of the molecule is O=C(O)C1CCN(S(=O)(=O)c2cccc(F)c2)CC1. The van der Waals surface area contributed by atoms with Crippen molar-refractivity contribution >= 4 is 16.0 Å². The molecule has 0 radical (unpaired) electrons. The van der Waals surface area contributed by atoms with Crippen molar-refractivity contribution in [3.05, 3.63) is 30.1 Å². The van der Waals surface area contributed by atoms with Gasteiger partial charge in [0.1, 0.15) is 5.82 Å². The summed E-state index contributed by atoms with van der Waals surface area (Å²) in [6, 6.07) is 4.82. The zero-order valence-electron chi connectivity index (χ0n) is 10.1. The van der Waals surface area contributed by atoms with Gasteiger partial charge in [-0.25, -0.2) is 12.8 Å². The number of hydrogen-bond acceptors (Lipinski definition) is 3. The lowest BCUT2D eigenvalue weighted by molar-refractivity contribution is -0.142. The number of aliphatic carboxylic acids is 1. The molecule has 1 aliphatic heterocycles. The van der Waals surface area contributed by atoms with Gasteiger partial charge in [-0.1, -0.05) is 6.07 Å². The molecule has 1 aliphatic rings. The van der Waals surface area contributed by atoms with Crippen LogP contribution in [0.2, 0.25) is 0 Å². The van der Waals surface area contributed by atoms with Crippen LogP contribution in [0.5, 0.6) is 0 Å². The summed E-state index contributed by atoms with van der Waals surface area (Å²) in [7, 11) is -3.73. The first kappa shape index (κ1) is 14.0. The van der Waals surface area contributed by atoms with Crippen molar-refractivity contribution in [2.45, 2.75) is 17.7 Å². The van der Waals surface area contributed by atoms with Gasteiger partial charge in [-0.2, -0.15) is 4.31 Å². The van der Waals surface area contributed by atoms with Gasteiger partial charge in [-0.15, -0.1) is 0 Å². The third-order valence-electron chi connectivity index (χ3n) is 3.24. The van der Waals surface area contributed by atoms with Crippen molar-refractivity contribution in [2.75, 3.05) is 13.1 Å².